The van der Waals surface area contributed by atoms with Crippen LogP contribution in [0.2, 0.25) is 0 Å². The molecule has 0 spiro atoms. The van der Waals surface area contributed by atoms with E-state index >= 15 is 0 Å². The van der Waals surface area contributed by atoms with E-state index in [2.05, 4.69) is 10.3 Å². The smallest absolute Gasteiger partial charge is 0.331 e. The van der Waals surface area contributed by atoms with Gasteiger partial charge in [0.05, 0.1) is 12.2 Å². The van der Waals surface area contributed by atoms with E-state index in [0.717, 1.165) is 20.8 Å². The zero-order chi connectivity index (χ0) is 18.0. The van der Waals surface area contributed by atoms with Crippen LogP contribution in [-0.2, 0) is 20.6 Å². The molecule has 8 nitrogen and oxygen atoms in total. The molecule has 0 fully saturated rings. The van der Waals surface area contributed by atoms with Gasteiger partial charge >= 0.3 is 5.69 Å². The molecule has 0 saturated carbocycles. The van der Waals surface area contributed by atoms with Crippen molar-refractivity contribution in [3.63, 3.8) is 0 Å². The summed E-state index contributed by atoms with van der Waals surface area (Å²) in [5, 5.41) is 2.63. The lowest BCUT2D eigenvalue weighted by atomic mass is 10.2. The third kappa shape index (κ3) is 3.27. The molecule has 2 heterocycles. The Hall–Kier alpha value is -3.42. The first-order valence-corrected chi connectivity index (χ1v) is 7.52. The topological polar surface area (TPSA) is 99.1 Å². The maximum Gasteiger partial charge on any atom is 0.331 e. The van der Waals surface area contributed by atoms with Gasteiger partial charge in [0, 0.05) is 25.7 Å². The Morgan fingerprint density at radius 2 is 1.88 bits per heavy atom. The summed E-state index contributed by atoms with van der Waals surface area (Å²) in [6, 6.07) is 10.5. The van der Waals surface area contributed by atoms with E-state index in [1.807, 2.05) is 30.3 Å². The van der Waals surface area contributed by atoms with Gasteiger partial charge in [0.25, 0.3) is 11.5 Å². The molecule has 0 aliphatic carbocycles. The molecule has 25 heavy (non-hydrogen) atoms. The van der Waals surface area contributed by atoms with Crippen LogP contribution in [0.1, 0.15) is 16.2 Å². The standard InChI is InChI=1S/C17H16N4O4/c1-20-13(8-14(22)21(2)17(20)24)15(23)18-9-12-10-25-16(19-12)11-6-4-3-5-7-11/h3-8,10H,9H2,1-2H3,(H,18,23). The van der Waals surface area contributed by atoms with Crippen molar-refractivity contribution in [2.45, 2.75) is 6.54 Å². The van der Waals surface area contributed by atoms with Gasteiger partial charge in [-0.05, 0) is 12.1 Å². The molecule has 0 aliphatic heterocycles. The van der Waals surface area contributed by atoms with Crippen LogP contribution in [0.25, 0.3) is 11.5 Å². The summed E-state index contributed by atoms with van der Waals surface area (Å²) < 4.78 is 7.45. The molecule has 0 saturated heterocycles. The number of carbonyl (C=O) groups excluding carboxylic acids is 1. The maximum absolute atomic E-state index is 12.3. The molecular weight excluding hydrogens is 324 g/mol. The fourth-order valence-corrected chi connectivity index (χ4v) is 2.31. The molecule has 0 aliphatic rings. The van der Waals surface area contributed by atoms with E-state index < -0.39 is 17.2 Å². The average Bonchev–Trinajstić information content (AvgIpc) is 3.11. The first-order chi connectivity index (χ1) is 12.0. The first kappa shape index (κ1) is 16.4. The van der Waals surface area contributed by atoms with Gasteiger partial charge in [-0.15, -0.1) is 0 Å². The number of oxazole rings is 1. The molecule has 3 rings (SSSR count). The zero-order valence-corrected chi connectivity index (χ0v) is 13.7. The quantitative estimate of drug-likeness (QED) is 0.752. The van der Waals surface area contributed by atoms with Crippen molar-refractivity contribution in [1.29, 1.82) is 0 Å². The second kappa shape index (κ2) is 6.60. The molecule has 1 amide bonds. The molecule has 1 N–H and O–H groups in total. The van der Waals surface area contributed by atoms with Crippen molar-refractivity contribution in [1.82, 2.24) is 19.4 Å². The number of aromatic nitrogens is 3. The normalized spacial score (nSPS) is 10.6. The highest BCUT2D eigenvalue weighted by atomic mass is 16.3. The summed E-state index contributed by atoms with van der Waals surface area (Å²) in [5.41, 5.74) is 0.237. The Morgan fingerprint density at radius 3 is 2.60 bits per heavy atom. The van der Waals surface area contributed by atoms with Gasteiger partial charge in [-0.3, -0.25) is 18.7 Å². The predicted octanol–water partition coefficient (Wildman–Crippen LogP) is 0.669. The lowest BCUT2D eigenvalue weighted by molar-refractivity contribution is 0.0940. The van der Waals surface area contributed by atoms with Gasteiger partial charge in [0.2, 0.25) is 5.89 Å². The van der Waals surface area contributed by atoms with Crippen LogP contribution in [0.15, 0.2) is 56.7 Å². The van der Waals surface area contributed by atoms with Gasteiger partial charge in [-0.2, -0.15) is 0 Å². The average molecular weight is 340 g/mol. The van der Waals surface area contributed by atoms with Crippen LogP contribution in [0.3, 0.4) is 0 Å². The van der Waals surface area contributed by atoms with Crippen molar-refractivity contribution >= 4 is 5.91 Å². The molecule has 3 aromatic rings. The first-order valence-electron chi connectivity index (χ1n) is 7.52. The summed E-state index contributed by atoms with van der Waals surface area (Å²) in [4.78, 5) is 40.1. The van der Waals surface area contributed by atoms with Crippen LogP contribution >= 0.6 is 0 Å². The van der Waals surface area contributed by atoms with E-state index in [1.165, 1.54) is 20.4 Å². The Balaban J connectivity index is 1.75. The Kier molecular flexibility index (Phi) is 4.34. The summed E-state index contributed by atoms with van der Waals surface area (Å²) in [6.45, 7) is 0.110. The molecule has 0 atom stereocenters. The highest BCUT2D eigenvalue weighted by Crippen LogP contribution is 2.17. The fraction of sp³-hybridized carbons (Fsp3) is 0.176. The number of amides is 1. The Morgan fingerprint density at radius 1 is 1.16 bits per heavy atom. The number of carbonyl (C=O) groups is 1. The molecule has 0 unspecified atom stereocenters. The van der Waals surface area contributed by atoms with Gasteiger partial charge in [-0.1, -0.05) is 18.2 Å². The van der Waals surface area contributed by atoms with E-state index in [9.17, 15) is 14.4 Å². The third-order valence-electron chi connectivity index (χ3n) is 3.76. The predicted molar refractivity (Wildman–Crippen MR) is 90.0 cm³/mol. The van der Waals surface area contributed by atoms with E-state index in [1.54, 1.807) is 0 Å². The Labute approximate surface area is 142 Å². The van der Waals surface area contributed by atoms with Crippen LogP contribution in [0.4, 0.5) is 0 Å². The second-order valence-corrected chi connectivity index (χ2v) is 5.46. The summed E-state index contributed by atoms with van der Waals surface area (Å²) >= 11 is 0. The van der Waals surface area contributed by atoms with Crippen molar-refractivity contribution < 1.29 is 9.21 Å². The third-order valence-corrected chi connectivity index (χ3v) is 3.76. The number of rotatable bonds is 4. The highest BCUT2D eigenvalue weighted by Gasteiger charge is 2.14. The maximum atomic E-state index is 12.3. The number of hydrogen-bond donors (Lipinski definition) is 1. The van der Waals surface area contributed by atoms with Crippen LogP contribution in [-0.4, -0.2) is 20.0 Å². The van der Waals surface area contributed by atoms with Gasteiger partial charge < -0.3 is 9.73 Å². The van der Waals surface area contributed by atoms with Crippen LogP contribution in [0, 0.1) is 0 Å². The number of nitrogens with one attached hydrogen (secondary N) is 1. The molecule has 0 bridgehead atoms. The van der Waals surface area contributed by atoms with Gasteiger partial charge in [0.1, 0.15) is 12.0 Å². The highest BCUT2D eigenvalue weighted by molar-refractivity contribution is 5.92. The van der Waals surface area contributed by atoms with Crippen molar-refractivity contribution in [2.24, 2.45) is 14.1 Å². The summed E-state index contributed by atoms with van der Waals surface area (Å²) in [7, 11) is 2.78. The van der Waals surface area contributed by atoms with E-state index in [-0.39, 0.29) is 12.2 Å². The zero-order valence-electron chi connectivity index (χ0n) is 13.7. The SMILES string of the molecule is Cn1c(C(=O)NCc2coc(-c3ccccc3)n2)cc(=O)n(C)c1=O. The van der Waals surface area contributed by atoms with Crippen molar-refractivity contribution in [3.05, 3.63) is 74.9 Å². The lowest BCUT2D eigenvalue weighted by Crippen LogP contribution is -2.41. The molecule has 0 radical (unpaired) electrons. The van der Waals surface area contributed by atoms with E-state index in [4.69, 9.17) is 4.42 Å². The minimum atomic E-state index is -0.564. The number of hydrogen-bond acceptors (Lipinski definition) is 5. The molecule has 8 heteroatoms. The van der Waals surface area contributed by atoms with Gasteiger partial charge in [0.15, 0.2) is 0 Å². The minimum absolute atomic E-state index is 0.0140. The largest absolute Gasteiger partial charge is 0.444 e. The Bertz CT molecular complexity index is 1030. The van der Waals surface area contributed by atoms with Crippen molar-refractivity contribution in [3.8, 4) is 11.5 Å². The molecule has 1 aromatic carbocycles. The van der Waals surface area contributed by atoms with Crippen molar-refractivity contribution in [2.75, 3.05) is 0 Å². The monoisotopic (exact) mass is 340 g/mol. The summed E-state index contributed by atoms with van der Waals surface area (Å²) in [5.74, 6) is -0.0904. The van der Waals surface area contributed by atoms with Gasteiger partial charge in [-0.25, -0.2) is 9.78 Å². The van der Waals surface area contributed by atoms with Crippen LogP contribution < -0.4 is 16.6 Å². The minimum Gasteiger partial charge on any atom is -0.444 e. The summed E-state index contributed by atoms with van der Waals surface area (Å²) in [6.07, 6.45) is 1.45. The molecule has 2 aromatic heterocycles. The second-order valence-electron chi connectivity index (χ2n) is 5.46. The van der Waals surface area contributed by atoms with E-state index in [0.29, 0.717) is 11.6 Å². The lowest BCUT2D eigenvalue weighted by Gasteiger charge is -2.09. The molecular formula is C17H16N4O4. The number of benzene rings is 1. The molecule has 128 valence electrons. The fourth-order valence-electron chi connectivity index (χ4n) is 2.31. The number of nitrogens with zero attached hydrogens (tertiary/aromatic N) is 3. The van der Waals surface area contributed by atoms with Crippen LogP contribution in [0.5, 0.6) is 0 Å².